The van der Waals surface area contributed by atoms with Crippen LogP contribution in [0.5, 0.6) is 0 Å². The zero-order valence-electron chi connectivity index (χ0n) is 37.3. The number of hydrogen-bond acceptors (Lipinski definition) is 5. The normalized spacial score (nSPS) is 15.1. The molecule has 0 spiro atoms. The number of thiophene rings is 1. The summed E-state index contributed by atoms with van der Waals surface area (Å²) in [5, 5.41) is 4.90. The summed E-state index contributed by atoms with van der Waals surface area (Å²) in [6.45, 7) is 0. The molecule has 0 fully saturated rings. The standard InChI is InChI=1S/C63H41N5S/c1-4-16-40(17-5-1)44-28-31-51-52-32-30-47(67-55-25-13-10-22-49(55)50-23-11-14-26-56(50)67)39-58(52)68(57(51)38-44)48-35-45(43-29-33-60-54(37-43)53-24-12-15-27-59(53)69-60)34-46(36-48)63-65-61(41-18-6-2-7-19-41)64-62(66-63)42-20-8-3-9-21-42/h1-39,49,55H. The Morgan fingerprint density at radius 1 is 0.362 bits per heavy atom. The Kier molecular flexibility index (Phi) is 9.14. The van der Waals surface area contributed by atoms with Crippen molar-refractivity contribution in [2.24, 2.45) is 0 Å². The van der Waals surface area contributed by atoms with Gasteiger partial charge in [0.2, 0.25) is 0 Å². The van der Waals surface area contributed by atoms with Crippen LogP contribution in [0.4, 0.5) is 11.4 Å². The van der Waals surface area contributed by atoms with Crippen molar-refractivity contribution in [3.05, 3.63) is 242 Å². The first-order valence-corrected chi connectivity index (χ1v) is 24.3. The summed E-state index contributed by atoms with van der Waals surface area (Å²) in [4.78, 5) is 18.2. The maximum atomic E-state index is 5.30. The molecule has 9 aromatic carbocycles. The van der Waals surface area contributed by atoms with Crippen molar-refractivity contribution in [3.8, 4) is 62.1 Å². The Balaban J connectivity index is 1.05. The van der Waals surface area contributed by atoms with E-state index in [1.807, 2.05) is 47.7 Å². The Morgan fingerprint density at radius 3 is 1.71 bits per heavy atom. The topological polar surface area (TPSA) is 46.8 Å². The van der Waals surface area contributed by atoms with E-state index in [1.165, 1.54) is 47.8 Å². The number of rotatable bonds is 7. The molecule has 1 aliphatic carbocycles. The molecular formula is C63H41N5S. The Labute approximate surface area is 403 Å². The third-order valence-electron chi connectivity index (χ3n) is 13.9. The lowest BCUT2D eigenvalue weighted by atomic mass is 9.91. The van der Waals surface area contributed by atoms with Crippen LogP contribution in [0.15, 0.2) is 237 Å². The van der Waals surface area contributed by atoms with Gasteiger partial charge in [0.1, 0.15) is 0 Å². The highest BCUT2D eigenvalue weighted by atomic mass is 32.1. The first kappa shape index (κ1) is 39.5. The van der Waals surface area contributed by atoms with Crippen LogP contribution >= 0.6 is 11.3 Å². The molecule has 0 radical (unpaired) electrons. The van der Waals surface area contributed by atoms with Crippen LogP contribution in [-0.2, 0) is 0 Å². The molecule has 6 heteroatoms. The number of nitrogens with zero attached hydrogens (tertiary/aromatic N) is 5. The largest absolute Gasteiger partial charge is 0.333 e. The highest BCUT2D eigenvalue weighted by Gasteiger charge is 2.37. The van der Waals surface area contributed by atoms with Crippen molar-refractivity contribution in [3.63, 3.8) is 0 Å². The Morgan fingerprint density at radius 2 is 0.942 bits per heavy atom. The van der Waals surface area contributed by atoms with Crippen molar-refractivity contribution >= 4 is 64.7 Å². The predicted molar refractivity (Wildman–Crippen MR) is 288 cm³/mol. The SMILES string of the molecule is C1=CC2c3ccccc3N(c3ccc4c5ccc(-c6ccccc6)cc5n(-c5cc(-c6ccc7sc8ccccc8c7c6)cc(-c6nc(-c7ccccc7)nc(-c7ccccc7)n6)c5)c4c3)C2C=C1. The fourth-order valence-corrected chi connectivity index (χ4v) is 11.8. The van der Waals surface area contributed by atoms with E-state index in [4.69, 9.17) is 15.0 Å². The second-order valence-corrected chi connectivity index (χ2v) is 19.0. The average molecular weight is 900 g/mol. The van der Waals surface area contributed by atoms with Crippen molar-refractivity contribution in [2.45, 2.75) is 12.0 Å². The second-order valence-electron chi connectivity index (χ2n) is 18.0. The summed E-state index contributed by atoms with van der Waals surface area (Å²) in [7, 11) is 0. The quantitative estimate of drug-likeness (QED) is 0.160. The van der Waals surface area contributed by atoms with Gasteiger partial charge in [-0.2, -0.15) is 0 Å². The highest BCUT2D eigenvalue weighted by molar-refractivity contribution is 7.25. The van der Waals surface area contributed by atoms with E-state index in [2.05, 4.69) is 210 Å². The minimum Gasteiger partial charge on any atom is -0.333 e. The molecule has 4 heterocycles. The monoisotopic (exact) mass is 899 g/mol. The minimum atomic E-state index is 0.173. The van der Waals surface area contributed by atoms with Gasteiger partial charge in [0.25, 0.3) is 0 Å². The molecule has 2 atom stereocenters. The van der Waals surface area contributed by atoms with Gasteiger partial charge in [-0.05, 0) is 88.5 Å². The number of aromatic nitrogens is 4. The van der Waals surface area contributed by atoms with E-state index in [-0.39, 0.29) is 12.0 Å². The molecule has 0 saturated carbocycles. The molecule has 1 aliphatic heterocycles. The predicted octanol–water partition coefficient (Wildman–Crippen LogP) is 16.4. The molecule has 69 heavy (non-hydrogen) atoms. The molecule has 12 aromatic rings. The summed E-state index contributed by atoms with van der Waals surface area (Å²) in [6.07, 6.45) is 9.08. The molecule has 3 aromatic heterocycles. The van der Waals surface area contributed by atoms with Crippen molar-refractivity contribution < 1.29 is 0 Å². The fraction of sp³-hybridized carbons (Fsp3) is 0.0317. The van der Waals surface area contributed by atoms with Gasteiger partial charge < -0.3 is 9.47 Å². The lowest BCUT2D eigenvalue weighted by Crippen LogP contribution is -2.28. The van der Waals surface area contributed by atoms with Crippen molar-refractivity contribution in [1.29, 1.82) is 0 Å². The Hall–Kier alpha value is -8.71. The summed E-state index contributed by atoms with van der Waals surface area (Å²) < 4.78 is 5.03. The van der Waals surface area contributed by atoms with E-state index in [9.17, 15) is 0 Å². The van der Waals surface area contributed by atoms with Crippen molar-refractivity contribution in [2.75, 3.05) is 4.90 Å². The fourth-order valence-electron chi connectivity index (χ4n) is 10.7. The summed E-state index contributed by atoms with van der Waals surface area (Å²) in [5.41, 5.74) is 14.3. The lowest BCUT2D eigenvalue weighted by molar-refractivity contribution is 0.745. The first-order chi connectivity index (χ1) is 34.2. The van der Waals surface area contributed by atoms with Gasteiger partial charge in [-0.25, -0.2) is 15.0 Å². The maximum absolute atomic E-state index is 5.30. The van der Waals surface area contributed by atoms with Crippen molar-refractivity contribution in [1.82, 2.24) is 19.5 Å². The third kappa shape index (κ3) is 6.63. The smallest absolute Gasteiger partial charge is 0.164 e. The van der Waals surface area contributed by atoms with E-state index in [0.29, 0.717) is 17.5 Å². The summed E-state index contributed by atoms with van der Waals surface area (Å²) >= 11 is 1.84. The molecule has 2 unspecified atom stereocenters. The molecule has 324 valence electrons. The molecule has 0 N–H and O–H groups in total. The summed E-state index contributed by atoms with van der Waals surface area (Å²) in [6, 6.07) is 76.7. The van der Waals surface area contributed by atoms with Crippen LogP contribution in [0.3, 0.4) is 0 Å². The van der Waals surface area contributed by atoms with Gasteiger partial charge in [-0.15, -0.1) is 11.3 Å². The third-order valence-corrected chi connectivity index (χ3v) is 15.1. The number of benzene rings is 9. The van der Waals surface area contributed by atoms with E-state index in [0.717, 1.165) is 55.8 Å². The van der Waals surface area contributed by atoms with Gasteiger partial charge >= 0.3 is 0 Å². The number of anilines is 2. The van der Waals surface area contributed by atoms with E-state index >= 15 is 0 Å². The lowest BCUT2D eigenvalue weighted by Gasteiger charge is -2.29. The number of fused-ring (bicyclic) bond motifs is 9. The van der Waals surface area contributed by atoms with Crippen LogP contribution in [0.25, 0.3) is 104 Å². The summed E-state index contributed by atoms with van der Waals surface area (Å²) in [5.74, 6) is 2.14. The molecule has 2 aliphatic rings. The van der Waals surface area contributed by atoms with Crippen LogP contribution < -0.4 is 4.90 Å². The van der Waals surface area contributed by atoms with Gasteiger partial charge in [0, 0.05) is 70.6 Å². The maximum Gasteiger partial charge on any atom is 0.164 e. The molecule has 14 rings (SSSR count). The molecule has 5 nitrogen and oxygen atoms in total. The van der Waals surface area contributed by atoms with Crippen LogP contribution in [0, 0.1) is 0 Å². The van der Waals surface area contributed by atoms with E-state index in [1.54, 1.807) is 0 Å². The van der Waals surface area contributed by atoms with Crippen LogP contribution in [0.2, 0.25) is 0 Å². The van der Waals surface area contributed by atoms with Gasteiger partial charge in [-0.3, -0.25) is 0 Å². The molecule has 0 saturated heterocycles. The van der Waals surface area contributed by atoms with Crippen LogP contribution in [-0.4, -0.2) is 25.6 Å². The van der Waals surface area contributed by atoms with Crippen LogP contribution in [0.1, 0.15) is 11.5 Å². The average Bonchev–Trinajstić information content (AvgIpc) is 4.08. The van der Waals surface area contributed by atoms with Gasteiger partial charge in [0.15, 0.2) is 17.5 Å². The second kappa shape index (κ2) is 16.0. The number of allylic oxidation sites excluding steroid dienone is 2. The zero-order chi connectivity index (χ0) is 45.4. The van der Waals surface area contributed by atoms with E-state index < -0.39 is 0 Å². The van der Waals surface area contributed by atoms with Gasteiger partial charge in [0.05, 0.1) is 17.1 Å². The number of para-hydroxylation sites is 1. The van der Waals surface area contributed by atoms with Gasteiger partial charge in [-0.1, -0.05) is 176 Å². The Bertz CT molecular complexity index is 3980. The first-order valence-electron chi connectivity index (χ1n) is 23.5. The zero-order valence-corrected chi connectivity index (χ0v) is 38.1. The highest BCUT2D eigenvalue weighted by Crippen LogP contribution is 2.49. The molecular weight excluding hydrogens is 859 g/mol. The minimum absolute atomic E-state index is 0.173. The molecule has 0 bridgehead atoms. The number of hydrogen-bond donors (Lipinski definition) is 0. The molecule has 0 amide bonds.